The van der Waals surface area contributed by atoms with Crippen LogP contribution in [0.4, 0.5) is 0 Å². The largest absolute Gasteiger partial charge is 0.338 e. The highest BCUT2D eigenvalue weighted by atomic mass is 16.2. The number of carbonyl (C=O) groups excluding carboxylic acids is 1. The number of nitrogens with zero attached hydrogens (tertiary/aromatic N) is 3. The summed E-state index contributed by atoms with van der Waals surface area (Å²) < 4.78 is 0. The summed E-state index contributed by atoms with van der Waals surface area (Å²) >= 11 is 0. The van der Waals surface area contributed by atoms with Gasteiger partial charge in [0.25, 0.3) is 5.91 Å². The van der Waals surface area contributed by atoms with E-state index in [1.54, 1.807) is 24.5 Å². The van der Waals surface area contributed by atoms with Gasteiger partial charge in [0.2, 0.25) is 0 Å². The van der Waals surface area contributed by atoms with Gasteiger partial charge in [0.1, 0.15) is 0 Å². The number of pyridine rings is 1. The van der Waals surface area contributed by atoms with Crippen LogP contribution >= 0.6 is 0 Å². The van der Waals surface area contributed by atoms with E-state index in [4.69, 9.17) is 0 Å². The molecule has 4 rings (SSSR count). The molecule has 0 atom stereocenters. The summed E-state index contributed by atoms with van der Waals surface area (Å²) in [4.78, 5) is 21.0. The van der Waals surface area contributed by atoms with Gasteiger partial charge < -0.3 is 4.90 Å². The number of benzene rings is 1. The lowest BCUT2D eigenvalue weighted by atomic mass is 9.79. The number of hydrogen-bond acceptors (Lipinski definition) is 3. The zero-order chi connectivity index (χ0) is 15.7. The highest BCUT2D eigenvalue weighted by Crippen LogP contribution is 2.40. The number of hydrogen-bond donors (Lipinski definition) is 0. The van der Waals surface area contributed by atoms with Gasteiger partial charge in [0, 0.05) is 56.1 Å². The minimum Gasteiger partial charge on any atom is -0.338 e. The van der Waals surface area contributed by atoms with Crippen molar-refractivity contribution >= 4 is 5.91 Å². The van der Waals surface area contributed by atoms with E-state index in [0.29, 0.717) is 5.41 Å². The number of aromatic nitrogens is 1. The van der Waals surface area contributed by atoms with Crippen molar-refractivity contribution in [2.75, 3.05) is 26.2 Å². The van der Waals surface area contributed by atoms with E-state index in [2.05, 4.69) is 40.2 Å². The van der Waals surface area contributed by atoms with Crippen molar-refractivity contribution in [2.24, 2.45) is 5.41 Å². The van der Waals surface area contributed by atoms with E-state index in [9.17, 15) is 4.79 Å². The van der Waals surface area contributed by atoms with Crippen LogP contribution in [0.25, 0.3) is 0 Å². The molecule has 0 radical (unpaired) electrons. The maximum absolute atomic E-state index is 12.5. The molecule has 2 fully saturated rings. The molecule has 0 unspecified atom stereocenters. The molecule has 4 nitrogen and oxygen atoms in total. The van der Waals surface area contributed by atoms with Gasteiger partial charge in [-0.15, -0.1) is 0 Å². The molecule has 4 heteroatoms. The molecular weight excluding hydrogens is 286 g/mol. The zero-order valence-electron chi connectivity index (χ0n) is 13.2. The highest BCUT2D eigenvalue weighted by Gasteiger charge is 2.48. The first-order valence-electron chi connectivity index (χ1n) is 8.20. The summed E-state index contributed by atoms with van der Waals surface area (Å²) in [5, 5.41) is 0. The molecule has 1 aromatic heterocycles. The van der Waals surface area contributed by atoms with Crippen molar-refractivity contribution < 1.29 is 4.79 Å². The van der Waals surface area contributed by atoms with Gasteiger partial charge in [0.05, 0.1) is 0 Å². The fourth-order valence-corrected chi connectivity index (χ4v) is 3.90. The minimum atomic E-state index is 0.144. The zero-order valence-corrected chi connectivity index (χ0v) is 13.2. The Balaban J connectivity index is 1.34. The van der Waals surface area contributed by atoms with E-state index >= 15 is 0 Å². The summed E-state index contributed by atoms with van der Waals surface area (Å²) in [7, 11) is 0. The topological polar surface area (TPSA) is 36.4 Å². The summed E-state index contributed by atoms with van der Waals surface area (Å²) in [6.45, 7) is 4.98. The van der Waals surface area contributed by atoms with Crippen molar-refractivity contribution in [2.45, 2.75) is 13.0 Å². The maximum atomic E-state index is 12.5. The Labute approximate surface area is 136 Å². The maximum Gasteiger partial charge on any atom is 0.253 e. The second-order valence-electron chi connectivity index (χ2n) is 6.84. The average molecular weight is 307 g/mol. The molecule has 2 saturated heterocycles. The molecule has 0 bridgehead atoms. The van der Waals surface area contributed by atoms with Gasteiger partial charge in [-0.1, -0.05) is 30.3 Å². The summed E-state index contributed by atoms with van der Waals surface area (Å²) in [6, 6.07) is 14.2. The lowest BCUT2D eigenvalue weighted by molar-refractivity contribution is 0.00260. The highest BCUT2D eigenvalue weighted by molar-refractivity contribution is 5.94. The van der Waals surface area contributed by atoms with Crippen LogP contribution in [0, 0.1) is 5.41 Å². The van der Waals surface area contributed by atoms with Gasteiger partial charge in [-0.05, 0) is 24.1 Å². The lowest BCUT2D eigenvalue weighted by Gasteiger charge is -2.48. The van der Waals surface area contributed by atoms with Crippen molar-refractivity contribution in [3.63, 3.8) is 0 Å². The molecule has 3 heterocycles. The van der Waals surface area contributed by atoms with Crippen molar-refractivity contribution in [1.29, 1.82) is 0 Å². The molecule has 0 aliphatic carbocycles. The minimum absolute atomic E-state index is 0.144. The predicted octanol–water partition coefficient (Wildman–Crippen LogP) is 2.43. The van der Waals surface area contributed by atoms with Crippen molar-refractivity contribution in [3.8, 4) is 0 Å². The van der Waals surface area contributed by atoms with Gasteiger partial charge in [-0.2, -0.15) is 0 Å². The lowest BCUT2D eigenvalue weighted by Crippen LogP contribution is -2.57. The Kier molecular flexibility index (Phi) is 3.62. The molecule has 0 saturated carbocycles. The molecule has 1 aromatic carbocycles. The third-order valence-corrected chi connectivity index (χ3v) is 5.02. The van der Waals surface area contributed by atoms with Crippen LogP contribution in [0.1, 0.15) is 22.3 Å². The summed E-state index contributed by atoms with van der Waals surface area (Å²) in [6.07, 6.45) is 4.49. The molecule has 1 spiro atoms. The Bertz CT molecular complexity index is 680. The second kappa shape index (κ2) is 5.78. The first-order chi connectivity index (χ1) is 11.2. The average Bonchev–Trinajstić information content (AvgIpc) is 3.01. The molecule has 23 heavy (non-hydrogen) atoms. The van der Waals surface area contributed by atoms with Crippen LogP contribution in [-0.2, 0) is 6.54 Å². The quantitative estimate of drug-likeness (QED) is 0.874. The third-order valence-electron chi connectivity index (χ3n) is 5.02. The molecule has 2 aliphatic heterocycles. The Morgan fingerprint density at radius 2 is 1.78 bits per heavy atom. The molecule has 1 amide bonds. The number of rotatable bonds is 3. The van der Waals surface area contributed by atoms with Gasteiger partial charge in [-0.3, -0.25) is 14.7 Å². The van der Waals surface area contributed by atoms with Gasteiger partial charge >= 0.3 is 0 Å². The van der Waals surface area contributed by atoms with Crippen LogP contribution in [0.2, 0.25) is 0 Å². The molecule has 0 N–H and O–H groups in total. The fraction of sp³-hybridized carbons (Fsp3) is 0.368. The van der Waals surface area contributed by atoms with Crippen LogP contribution in [0.5, 0.6) is 0 Å². The SMILES string of the molecule is O=C(c1ccncc1)N1CCC2(CN(Cc3ccccc3)C2)C1. The van der Waals surface area contributed by atoms with E-state index in [1.165, 1.54) is 5.56 Å². The van der Waals surface area contributed by atoms with Gasteiger partial charge in [0.15, 0.2) is 0 Å². The summed E-state index contributed by atoms with van der Waals surface area (Å²) in [5.41, 5.74) is 2.43. The van der Waals surface area contributed by atoms with E-state index in [-0.39, 0.29) is 5.91 Å². The Morgan fingerprint density at radius 3 is 2.52 bits per heavy atom. The Hall–Kier alpha value is -2.20. The first kappa shape index (κ1) is 14.4. The first-order valence-corrected chi connectivity index (χ1v) is 8.20. The second-order valence-corrected chi connectivity index (χ2v) is 6.84. The van der Waals surface area contributed by atoms with E-state index in [0.717, 1.165) is 44.7 Å². The standard InChI is InChI=1S/C19H21N3O/c23-18(17-6-9-20-10-7-17)22-11-8-19(15-22)13-21(14-19)12-16-4-2-1-3-5-16/h1-7,9-10H,8,11-15H2. The third kappa shape index (κ3) is 2.86. The van der Waals surface area contributed by atoms with Crippen LogP contribution in [0.3, 0.4) is 0 Å². The molecular formula is C19H21N3O. The monoisotopic (exact) mass is 307 g/mol. The number of carbonyl (C=O) groups is 1. The predicted molar refractivity (Wildman–Crippen MR) is 88.9 cm³/mol. The van der Waals surface area contributed by atoms with Crippen molar-refractivity contribution in [3.05, 3.63) is 66.0 Å². The van der Waals surface area contributed by atoms with Crippen LogP contribution in [0.15, 0.2) is 54.9 Å². The van der Waals surface area contributed by atoms with E-state index < -0.39 is 0 Å². The number of likely N-dealkylation sites (tertiary alicyclic amines) is 2. The van der Waals surface area contributed by atoms with E-state index in [1.807, 2.05) is 4.90 Å². The molecule has 2 aromatic rings. The van der Waals surface area contributed by atoms with Crippen molar-refractivity contribution in [1.82, 2.24) is 14.8 Å². The smallest absolute Gasteiger partial charge is 0.253 e. The summed E-state index contributed by atoms with van der Waals surface area (Å²) in [5.74, 6) is 0.144. The molecule has 118 valence electrons. The molecule has 2 aliphatic rings. The van der Waals surface area contributed by atoms with Gasteiger partial charge in [-0.25, -0.2) is 0 Å². The Morgan fingerprint density at radius 1 is 1.04 bits per heavy atom. The number of amides is 1. The van der Waals surface area contributed by atoms with Crippen LogP contribution in [-0.4, -0.2) is 46.9 Å². The van der Waals surface area contributed by atoms with Crippen LogP contribution < -0.4 is 0 Å². The fourth-order valence-electron chi connectivity index (χ4n) is 3.90. The normalized spacial score (nSPS) is 19.7.